The molecule has 1 aromatic carbocycles. The minimum atomic E-state index is -1.23. The highest BCUT2D eigenvalue weighted by Crippen LogP contribution is 2.42. The molecule has 206 valence electrons. The van der Waals surface area contributed by atoms with Gasteiger partial charge in [-0.25, -0.2) is 4.39 Å². The van der Waals surface area contributed by atoms with Crippen molar-refractivity contribution in [2.45, 2.75) is 18.5 Å². The number of aromatic hydroxyl groups is 1. The van der Waals surface area contributed by atoms with Crippen LogP contribution in [0.3, 0.4) is 0 Å². The maximum absolute atomic E-state index is 15.3. The van der Waals surface area contributed by atoms with Crippen LogP contribution in [0.4, 0.5) is 8.78 Å². The van der Waals surface area contributed by atoms with Crippen LogP contribution in [0, 0.1) is 11.6 Å². The van der Waals surface area contributed by atoms with Crippen molar-refractivity contribution in [1.82, 2.24) is 19.5 Å². The molecule has 1 N–H and O–H groups in total. The van der Waals surface area contributed by atoms with Gasteiger partial charge in [0.05, 0.1) is 16.3 Å². The molecule has 1 spiro atoms. The van der Waals surface area contributed by atoms with E-state index in [0.717, 1.165) is 12.1 Å². The second-order valence-corrected chi connectivity index (χ2v) is 10.2. The summed E-state index contributed by atoms with van der Waals surface area (Å²) in [5, 5.41) is 12.6. The number of hydrogen-bond donors (Lipinski definition) is 1. The summed E-state index contributed by atoms with van der Waals surface area (Å²) in [7, 11) is 0. The summed E-state index contributed by atoms with van der Waals surface area (Å²) in [4.78, 5) is 46.0. The number of fused-ring (bicyclic) bond motifs is 6. The van der Waals surface area contributed by atoms with E-state index in [9.17, 15) is 23.9 Å². The zero-order valence-corrected chi connectivity index (χ0v) is 21.8. The minimum Gasteiger partial charge on any atom is -0.502 e. The topological polar surface area (TPSA) is 108 Å². The zero-order valence-electron chi connectivity index (χ0n) is 21.1. The molecule has 0 saturated carbocycles. The Morgan fingerprint density at radius 2 is 1.98 bits per heavy atom. The zero-order chi connectivity index (χ0) is 28.3. The number of halogens is 3. The second kappa shape index (κ2) is 9.33. The maximum Gasteiger partial charge on any atom is 0.278 e. The highest BCUT2D eigenvalue weighted by molar-refractivity contribution is 6.31. The third kappa shape index (κ3) is 3.81. The summed E-state index contributed by atoms with van der Waals surface area (Å²) in [6.07, 6.45) is 6.01. The van der Waals surface area contributed by atoms with E-state index in [2.05, 4.69) is 4.98 Å². The maximum atomic E-state index is 15.3. The normalized spacial score (nSPS) is 20.1. The number of ether oxygens (including phenoxy) is 1. The smallest absolute Gasteiger partial charge is 0.278 e. The van der Waals surface area contributed by atoms with Gasteiger partial charge in [0.15, 0.2) is 23.0 Å². The van der Waals surface area contributed by atoms with E-state index >= 15 is 4.39 Å². The van der Waals surface area contributed by atoms with Crippen LogP contribution in [0.2, 0.25) is 5.02 Å². The van der Waals surface area contributed by atoms with Gasteiger partial charge in [-0.2, -0.15) is 4.39 Å². The van der Waals surface area contributed by atoms with Crippen LogP contribution >= 0.6 is 11.6 Å². The minimum absolute atomic E-state index is 0.126. The number of amides is 2. The van der Waals surface area contributed by atoms with Gasteiger partial charge in [0.1, 0.15) is 19.3 Å². The molecule has 0 aliphatic carbocycles. The largest absolute Gasteiger partial charge is 0.502 e. The van der Waals surface area contributed by atoms with Crippen LogP contribution in [-0.4, -0.2) is 68.3 Å². The van der Waals surface area contributed by atoms with Gasteiger partial charge in [-0.1, -0.05) is 17.7 Å². The van der Waals surface area contributed by atoms with Crippen molar-refractivity contribution < 1.29 is 28.2 Å². The number of benzene rings is 1. The van der Waals surface area contributed by atoms with Crippen molar-refractivity contribution in [3.05, 3.63) is 98.7 Å². The monoisotopic (exact) mass is 569 g/mol. The number of aromatic nitrogens is 2. The third-order valence-corrected chi connectivity index (χ3v) is 7.77. The van der Waals surface area contributed by atoms with Crippen LogP contribution in [0.5, 0.6) is 11.5 Å². The predicted octanol–water partition coefficient (Wildman–Crippen LogP) is 2.57. The number of likely N-dealkylation sites (tertiary alicyclic amines) is 1. The summed E-state index contributed by atoms with van der Waals surface area (Å²) in [6.45, 7) is 1.31. The van der Waals surface area contributed by atoms with Gasteiger partial charge < -0.3 is 19.6 Å². The Labute approximate surface area is 231 Å². The molecular weight excluding hydrogens is 548 g/mol. The molecule has 1 unspecified atom stereocenters. The van der Waals surface area contributed by atoms with Crippen LogP contribution in [-0.2, 0) is 4.79 Å². The summed E-state index contributed by atoms with van der Waals surface area (Å²) in [5.41, 5.74) is -1.81. The number of pyridine rings is 2. The molecule has 1 fully saturated rings. The number of hydrogen-bond acceptors (Lipinski definition) is 7. The Morgan fingerprint density at radius 3 is 2.70 bits per heavy atom. The second-order valence-electron chi connectivity index (χ2n) is 9.78. The standard InChI is InChI=1S/C27H22ClF2N5O5/c1-15(36)32-12-27(13-32)8-3-11-40-25-16(5-6-18(29)20(25)30)22(21-17(28)4-2-9-31-21)35-14-33(27)26(39)23-24(38)19(37)7-10-34(23)35/h2-10,22,38H,11-14H2,1H3/b8-3+. The number of carbonyl (C=O) groups is 2. The SMILES string of the molecule is CC(=O)N1CC2(/C=C/COc3c(ccc(F)c3F)C(c3ncccc3Cl)N3CN2C(=O)c2c(O)c(=O)ccn23)C1. The molecule has 6 rings (SSSR count). The quantitative estimate of drug-likeness (QED) is 0.449. The van der Waals surface area contributed by atoms with Gasteiger partial charge in [-0.15, -0.1) is 0 Å². The molecule has 1 atom stereocenters. The number of nitrogens with zero attached hydrogens (tertiary/aromatic N) is 5. The molecule has 3 aliphatic rings. The van der Waals surface area contributed by atoms with Crippen molar-refractivity contribution in [3.8, 4) is 11.5 Å². The predicted molar refractivity (Wildman–Crippen MR) is 139 cm³/mol. The van der Waals surface area contributed by atoms with Crippen molar-refractivity contribution in [2.75, 3.05) is 31.4 Å². The van der Waals surface area contributed by atoms with Gasteiger partial charge >= 0.3 is 0 Å². The lowest BCUT2D eigenvalue weighted by atomic mass is 9.86. The van der Waals surface area contributed by atoms with Crippen molar-refractivity contribution in [2.24, 2.45) is 0 Å². The molecule has 0 radical (unpaired) electrons. The number of rotatable bonds is 1. The number of carbonyl (C=O) groups excluding carboxylic acids is 2. The van der Waals surface area contributed by atoms with Crippen molar-refractivity contribution in [1.29, 1.82) is 0 Å². The molecule has 10 nitrogen and oxygen atoms in total. The molecule has 1 saturated heterocycles. The fourth-order valence-electron chi connectivity index (χ4n) is 5.44. The first kappa shape index (κ1) is 25.8. The summed E-state index contributed by atoms with van der Waals surface area (Å²) < 4.78 is 36.8. The first-order valence-corrected chi connectivity index (χ1v) is 12.7. The van der Waals surface area contributed by atoms with Crippen molar-refractivity contribution in [3.63, 3.8) is 0 Å². The first-order valence-electron chi connectivity index (χ1n) is 12.3. The lowest BCUT2D eigenvalue weighted by Gasteiger charge is -2.57. The highest BCUT2D eigenvalue weighted by atomic mass is 35.5. The van der Waals surface area contributed by atoms with E-state index in [1.165, 1.54) is 39.9 Å². The fourth-order valence-corrected chi connectivity index (χ4v) is 5.67. The van der Waals surface area contributed by atoms with Crippen LogP contribution in [0.1, 0.15) is 34.7 Å². The lowest BCUT2D eigenvalue weighted by molar-refractivity contribution is -0.139. The van der Waals surface area contributed by atoms with Crippen LogP contribution < -0.4 is 15.2 Å². The average Bonchev–Trinajstić information content (AvgIpc) is 2.92. The molecule has 40 heavy (non-hydrogen) atoms. The molecule has 2 aromatic heterocycles. The summed E-state index contributed by atoms with van der Waals surface area (Å²) in [6, 6.07) is 5.46. The van der Waals surface area contributed by atoms with E-state index in [4.69, 9.17) is 16.3 Å². The van der Waals surface area contributed by atoms with Gasteiger partial charge in [-0.05, 0) is 30.3 Å². The Morgan fingerprint density at radius 1 is 1.20 bits per heavy atom. The molecule has 5 heterocycles. The highest BCUT2D eigenvalue weighted by Gasteiger charge is 2.53. The average molecular weight is 570 g/mol. The molecule has 2 amide bonds. The van der Waals surface area contributed by atoms with Crippen molar-refractivity contribution >= 4 is 23.4 Å². The van der Waals surface area contributed by atoms with Crippen LogP contribution in [0.25, 0.3) is 0 Å². The Kier molecular flexibility index (Phi) is 6.02. The molecule has 2 bridgehead atoms. The molecular formula is C27H22ClF2N5O5. The Bertz CT molecular complexity index is 1650. The molecule has 3 aromatic rings. The molecule has 3 aliphatic heterocycles. The lowest BCUT2D eigenvalue weighted by Crippen LogP contribution is -2.74. The van der Waals surface area contributed by atoms with E-state index < -0.39 is 40.3 Å². The van der Waals surface area contributed by atoms with Gasteiger partial charge in [0.25, 0.3) is 5.91 Å². The third-order valence-electron chi connectivity index (χ3n) is 7.45. The van der Waals surface area contributed by atoms with Gasteiger partial charge in [0.2, 0.25) is 17.2 Å². The summed E-state index contributed by atoms with van der Waals surface area (Å²) in [5.74, 6) is -4.39. The Hall–Kier alpha value is -4.45. The van der Waals surface area contributed by atoms with E-state index in [-0.39, 0.29) is 60.0 Å². The van der Waals surface area contributed by atoms with E-state index in [0.29, 0.717) is 0 Å². The van der Waals surface area contributed by atoms with Gasteiger partial charge in [-0.3, -0.25) is 29.1 Å². The van der Waals surface area contributed by atoms with E-state index in [1.54, 1.807) is 29.3 Å². The fraction of sp³-hybridized carbons (Fsp3) is 0.259. The van der Waals surface area contributed by atoms with Gasteiger partial charge in [0, 0.05) is 44.0 Å². The van der Waals surface area contributed by atoms with E-state index in [1.807, 2.05) is 0 Å². The first-order chi connectivity index (χ1) is 19.1. The van der Waals surface area contributed by atoms with Crippen LogP contribution in [0.15, 0.2) is 59.7 Å². The Balaban J connectivity index is 1.66. The summed E-state index contributed by atoms with van der Waals surface area (Å²) >= 11 is 6.59. The molecule has 13 heteroatoms.